The first-order chi connectivity index (χ1) is 27.9. The predicted molar refractivity (Wildman–Crippen MR) is 217 cm³/mol. The highest BCUT2D eigenvalue weighted by atomic mass is 16.6. The Morgan fingerprint density at radius 3 is 2.55 bits per heavy atom. The van der Waals surface area contributed by atoms with Gasteiger partial charge in [-0.15, -0.1) is 0 Å². The first kappa shape index (κ1) is 40.6. The number of unbranched alkanes of at least 4 members (excludes halogenated alkanes) is 4. The number of nitrogens with one attached hydrogen (secondary N) is 4. The number of anilines is 2. The Morgan fingerprint density at radius 1 is 0.983 bits per heavy atom. The first-order valence-corrected chi connectivity index (χ1v) is 18.9. The summed E-state index contributed by atoms with van der Waals surface area (Å²) in [5, 5.41) is 20.7. The van der Waals surface area contributed by atoms with Gasteiger partial charge in [0.05, 0.1) is 4.92 Å². The molecule has 1 atom stereocenters. The molecule has 5 aromatic rings. The van der Waals surface area contributed by atoms with Crippen molar-refractivity contribution < 1.29 is 33.6 Å². The summed E-state index contributed by atoms with van der Waals surface area (Å²) in [7, 11) is 1.60. The molecule has 1 aliphatic rings. The van der Waals surface area contributed by atoms with Crippen LogP contribution in [-0.4, -0.2) is 62.0 Å². The number of pyridine rings is 1. The lowest BCUT2D eigenvalue weighted by Gasteiger charge is -2.28. The Kier molecular flexibility index (Phi) is 12.7. The molecule has 0 saturated carbocycles. The summed E-state index contributed by atoms with van der Waals surface area (Å²) in [4.78, 5) is 89.3. The lowest BCUT2D eigenvalue weighted by molar-refractivity contribution is -0.384. The fourth-order valence-corrected chi connectivity index (χ4v) is 6.89. The van der Waals surface area contributed by atoms with Gasteiger partial charge in [-0.3, -0.25) is 49.1 Å². The van der Waals surface area contributed by atoms with Crippen LogP contribution in [0.15, 0.2) is 83.9 Å². The Hall–Kier alpha value is -7.10. The maximum atomic E-state index is 13.3. The van der Waals surface area contributed by atoms with E-state index in [2.05, 4.69) is 20.9 Å². The zero-order chi connectivity index (χ0) is 41.3. The SMILES string of the molecule is Cc1ccc(NCCCCCCCC(=O)Nc2cccc(Oc3ccc([N+](=O)[O-])cc3-c3cn(C)c(=O)c4[nH]ccc34)c2)cc1C(=O)N(C=O)C1CCC(=O)NC1=O. The maximum absolute atomic E-state index is 13.3. The molecule has 1 unspecified atom stereocenters. The number of rotatable bonds is 17. The topological polar surface area (TPSA) is 215 Å². The molecule has 4 N–H and O–H groups in total. The number of ether oxygens (including phenoxy) is 1. The number of imide groups is 2. The largest absolute Gasteiger partial charge is 0.457 e. The molecule has 2 aromatic heterocycles. The molecule has 3 aromatic carbocycles. The third-order valence-corrected chi connectivity index (χ3v) is 9.98. The summed E-state index contributed by atoms with van der Waals surface area (Å²) in [5.41, 5.74) is 3.15. The number of hydrogen-bond donors (Lipinski definition) is 4. The van der Waals surface area contributed by atoms with Gasteiger partial charge in [-0.05, 0) is 68.1 Å². The van der Waals surface area contributed by atoms with Crippen LogP contribution in [0.2, 0.25) is 0 Å². The van der Waals surface area contributed by atoms with Gasteiger partial charge < -0.3 is 24.9 Å². The van der Waals surface area contributed by atoms with Crippen LogP contribution in [0.25, 0.3) is 22.0 Å². The van der Waals surface area contributed by atoms with Crippen molar-refractivity contribution in [1.82, 2.24) is 19.8 Å². The van der Waals surface area contributed by atoms with Gasteiger partial charge in [0.15, 0.2) is 0 Å². The number of benzene rings is 3. The van der Waals surface area contributed by atoms with Gasteiger partial charge >= 0.3 is 0 Å². The van der Waals surface area contributed by atoms with Gasteiger partial charge in [0.25, 0.3) is 17.2 Å². The van der Waals surface area contributed by atoms with Crippen molar-refractivity contribution in [2.75, 3.05) is 17.2 Å². The molecule has 1 aliphatic heterocycles. The number of nitrogens with zero attached hydrogens (tertiary/aromatic N) is 3. The Bertz CT molecular complexity index is 2460. The number of hydrogen-bond acceptors (Lipinski definition) is 10. The third kappa shape index (κ3) is 9.46. The molecule has 3 heterocycles. The summed E-state index contributed by atoms with van der Waals surface area (Å²) >= 11 is 0. The lowest BCUT2D eigenvalue weighted by atomic mass is 10.0. The van der Waals surface area contributed by atoms with E-state index in [-0.39, 0.29) is 35.6 Å². The number of carbonyl (C=O) groups is 5. The molecule has 16 nitrogen and oxygen atoms in total. The number of non-ortho nitro benzene ring substituents is 1. The summed E-state index contributed by atoms with van der Waals surface area (Å²) in [6.45, 7) is 2.39. The van der Waals surface area contributed by atoms with Crippen LogP contribution in [0.1, 0.15) is 67.3 Å². The van der Waals surface area contributed by atoms with Crippen LogP contribution >= 0.6 is 0 Å². The minimum Gasteiger partial charge on any atom is -0.457 e. The average molecular weight is 790 g/mol. The summed E-state index contributed by atoms with van der Waals surface area (Å²) in [6.07, 6.45) is 8.26. The maximum Gasteiger partial charge on any atom is 0.274 e. The molecular formula is C42H43N7O9. The van der Waals surface area contributed by atoms with Gasteiger partial charge in [0.2, 0.25) is 24.1 Å². The van der Waals surface area contributed by atoms with Crippen molar-refractivity contribution in [2.45, 2.75) is 64.3 Å². The number of aromatic amines is 1. The van der Waals surface area contributed by atoms with Crippen LogP contribution in [0, 0.1) is 17.0 Å². The van der Waals surface area contributed by atoms with E-state index in [1.807, 2.05) is 6.07 Å². The zero-order valence-electron chi connectivity index (χ0n) is 32.0. The number of nitro groups is 1. The van der Waals surface area contributed by atoms with Crippen molar-refractivity contribution >= 4 is 58.0 Å². The highest BCUT2D eigenvalue weighted by Gasteiger charge is 2.35. The molecule has 0 radical (unpaired) electrons. The van der Waals surface area contributed by atoms with Crippen molar-refractivity contribution in [1.29, 1.82) is 0 Å². The van der Waals surface area contributed by atoms with E-state index in [1.165, 1.54) is 22.8 Å². The highest BCUT2D eigenvalue weighted by molar-refractivity contribution is 6.08. The predicted octanol–water partition coefficient (Wildman–Crippen LogP) is 6.34. The summed E-state index contributed by atoms with van der Waals surface area (Å²) in [6, 6.07) is 17.1. The Labute approximate surface area is 332 Å². The number of aryl methyl sites for hydroxylation is 2. The average Bonchev–Trinajstić information content (AvgIpc) is 3.70. The van der Waals surface area contributed by atoms with Crippen molar-refractivity contribution in [3.8, 4) is 22.6 Å². The third-order valence-electron chi connectivity index (χ3n) is 9.98. The molecular weight excluding hydrogens is 747 g/mol. The van der Waals surface area contributed by atoms with Gasteiger partial charge in [-0.2, -0.15) is 0 Å². The molecule has 5 amide bonds. The standard InChI is InChI=1S/C42H43N7O9/c1-26-12-13-27(22-32(26)41(54)48(25-50)35-15-17-38(52)46-40(35)53)43-19-7-5-3-4-6-11-37(51)45-28-9-8-10-30(21-28)58-36-16-14-29(49(56)57)23-33(36)34-24-47(2)42(55)39-31(34)18-20-44-39/h8-10,12-14,16,18,20-25,35,43-44H,3-7,11,15,17,19H2,1-2H3,(H,45,51)(H,46,52,53). The molecule has 16 heteroatoms. The second kappa shape index (κ2) is 18.2. The number of H-pyrrole nitrogens is 1. The lowest BCUT2D eigenvalue weighted by Crippen LogP contribution is -2.53. The quantitative estimate of drug-likeness (QED) is 0.0270. The van der Waals surface area contributed by atoms with Crippen LogP contribution in [0.5, 0.6) is 11.5 Å². The number of fused-ring (bicyclic) bond motifs is 1. The normalized spacial score (nSPS) is 13.8. The number of amides is 5. The van der Waals surface area contributed by atoms with E-state index in [4.69, 9.17) is 4.74 Å². The molecule has 58 heavy (non-hydrogen) atoms. The van der Waals surface area contributed by atoms with Crippen LogP contribution in [-0.2, 0) is 26.2 Å². The molecule has 1 saturated heterocycles. The fourth-order valence-electron chi connectivity index (χ4n) is 6.89. The molecule has 6 rings (SSSR count). The molecule has 300 valence electrons. The van der Waals surface area contributed by atoms with E-state index in [9.17, 15) is 38.9 Å². The Morgan fingerprint density at radius 2 is 1.78 bits per heavy atom. The van der Waals surface area contributed by atoms with Crippen molar-refractivity contribution in [3.63, 3.8) is 0 Å². The van der Waals surface area contributed by atoms with Gasteiger partial charge in [0, 0.05) is 90.5 Å². The second-order valence-corrected chi connectivity index (χ2v) is 14.1. The van der Waals surface area contributed by atoms with E-state index in [0.717, 1.165) is 30.6 Å². The van der Waals surface area contributed by atoms with Gasteiger partial charge in [0.1, 0.15) is 23.1 Å². The van der Waals surface area contributed by atoms with E-state index in [0.29, 0.717) is 76.3 Å². The highest BCUT2D eigenvalue weighted by Crippen LogP contribution is 2.39. The summed E-state index contributed by atoms with van der Waals surface area (Å²) < 4.78 is 7.63. The minimum atomic E-state index is -1.04. The monoisotopic (exact) mass is 789 g/mol. The second-order valence-electron chi connectivity index (χ2n) is 14.1. The fraction of sp³-hybridized carbons (Fsp3) is 0.286. The Balaban J connectivity index is 0.959. The van der Waals surface area contributed by atoms with Crippen LogP contribution in [0.4, 0.5) is 17.1 Å². The van der Waals surface area contributed by atoms with E-state index >= 15 is 0 Å². The summed E-state index contributed by atoms with van der Waals surface area (Å²) in [5.74, 6) is -1.12. The van der Waals surface area contributed by atoms with Crippen LogP contribution < -0.4 is 26.2 Å². The van der Waals surface area contributed by atoms with Crippen molar-refractivity contribution in [2.24, 2.45) is 7.05 Å². The zero-order valence-corrected chi connectivity index (χ0v) is 32.0. The van der Waals surface area contributed by atoms with Crippen molar-refractivity contribution in [3.05, 3.63) is 111 Å². The first-order valence-electron chi connectivity index (χ1n) is 18.9. The van der Waals surface area contributed by atoms with Gasteiger partial charge in [-0.1, -0.05) is 31.4 Å². The molecule has 1 fully saturated rings. The molecule has 0 bridgehead atoms. The number of carbonyl (C=O) groups excluding carboxylic acids is 5. The van der Waals surface area contributed by atoms with Crippen LogP contribution in [0.3, 0.4) is 0 Å². The minimum absolute atomic E-state index is 0.0453. The number of piperidine rings is 1. The smallest absolute Gasteiger partial charge is 0.274 e. The van der Waals surface area contributed by atoms with E-state index < -0.39 is 28.7 Å². The number of nitro benzene ring substituents is 1. The van der Waals surface area contributed by atoms with E-state index in [1.54, 1.807) is 68.8 Å². The molecule has 0 spiro atoms. The number of aromatic nitrogens is 2. The van der Waals surface area contributed by atoms with Gasteiger partial charge in [-0.25, -0.2) is 0 Å². The molecule has 0 aliphatic carbocycles.